The Hall–Kier alpha value is -2.81. The molecule has 1 saturated heterocycles. The van der Waals surface area contributed by atoms with Crippen LogP contribution < -0.4 is 11.1 Å². The summed E-state index contributed by atoms with van der Waals surface area (Å²) >= 11 is 0.760. The van der Waals surface area contributed by atoms with E-state index in [1.54, 1.807) is 36.4 Å². The van der Waals surface area contributed by atoms with Crippen LogP contribution in [0.1, 0.15) is 41.3 Å². The van der Waals surface area contributed by atoms with Crippen molar-refractivity contribution in [3.63, 3.8) is 0 Å². The van der Waals surface area contributed by atoms with Gasteiger partial charge in [-0.15, -0.1) is 0 Å². The molecule has 0 bridgehead atoms. The van der Waals surface area contributed by atoms with E-state index >= 15 is 0 Å². The topological polar surface area (TPSA) is 116 Å². The van der Waals surface area contributed by atoms with Gasteiger partial charge >= 0.3 is 11.9 Å². The van der Waals surface area contributed by atoms with E-state index in [2.05, 4.69) is 5.32 Å². The maximum Gasteiger partial charge on any atom is 0.330 e. The molecule has 168 valence electrons. The largest absolute Gasteiger partial charge is 0.391 e. The van der Waals surface area contributed by atoms with Crippen molar-refractivity contribution in [2.24, 2.45) is 5.73 Å². The van der Waals surface area contributed by atoms with Crippen LogP contribution in [-0.4, -0.2) is 46.7 Å². The van der Waals surface area contributed by atoms with Gasteiger partial charge in [0.1, 0.15) is 11.3 Å². The lowest BCUT2D eigenvalue weighted by Gasteiger charge is -2.15. The quantitative estimate of drug-likeness (QED) is 0.355. The van der Waals surface area contributed by atoms with E-state index in [-0.39, 0.29) is 17.3 Å². The molecule has 0 aliphatic carbocycles. The van der Waals surface area contributed by atoms with Crippen LogP contribution in [0.5, 0.6) is 0 Å². The number of ether oxygens (including phenoxy) is 1. The van der Waals surface area contributed by atoms with Crippen LogP contribution in [0.2, 0.25) is 0 Å². The summed E-state index contributed by atoms with van der Waals surface area (Å²) in [5.74, 6) is -1.44. The first kappa shape index (κ1) is 23.8. The Labute approximate surface area is 191 Å². The molecule has 2 aromatic carbocycles. The van der Waals surface area contributed by atoms with E-state index in [0.29, 0.717) is 24.1 Å². The number of carbonyl (C=O) groups is 4. The van der Waals surface area contributed by atoms with Gasteiger partial charge in [0.2, 0.25) is 5.12 Å². The van der Waals surface area contributed by atoms with Crippen molar-refractivity contribution in [3.8, 4) is 0 Å². The van der Waals surface area contributed by atoms with Gasteiger partial charge in [0.15, 0.2) is 5.78 Å². The summed E-state index contributed by atoms with van der Waals surface area (Å²) in [5, 5.41) is 1.75. The Kier molecular flexibility index (Phi) is 8.33. The van der Waals surface area contributed by atoms with Crippen LogP contribution in [0, 0.1) is 0 Å². The predicted octanol–water partition coefficient (Wildman–Crippen LogP) is 2.26. The van der Waals surface area contributed by atoms with Crippen molar-refractivity contribution >= 4 is 34.6 Å². The van der Waals surface area contributed by atoms with Crippen LogP contribution in [0.25, 0.3) is 0 Å². The average Bonchev–Trinajstić information content (AvgIpc) is 3.34. The number of hydrogen-bond acceptors (Lipinski definition) is 8. The highest BCUT2D eigenvalue weighted by Gasteiger charge is 2.29. The lowest BCUT2D eigenvalue weighted by atomic mass is 10.00. The van der Waals surface area contributed by atoms with Gasteiger partial charge in [0, 0.05) is 11.1 Å². The molecule has 0 spiro atoms. The molecule has 2 aromatic rings. The zero-order valence-corrected chi connectivity index (χ0v) is 18.6. The Morgan fingerprint density at radius 1 is 1.06 bits per heavy atom. The maximum absolute atomic E-state index is 12.5. The number of rotatable bonds is 8. The van der Waals surface area contributed by atoms with Gasteiger partial charge in [-0.1, -0.05) is 66.4 Å². The Bertz CT molecular complexity index is 972. The average molecular weight is 455 g/mol. The fraction of sp³-hybridized carbons (Fsp3) is 0.333. The normalized spacial score (nSPS) is 17.4. The SMILES string of the molecule is CC(SC(=O)C(N)Cc1ccc(C(=O)c2ccccc2)cc1)C(=O)OC(=O)[C@@H]1CCCN1. The fourth-order valence-corrected chi connectivity index (χ4v) is 4.09. The third kappa shape index (κ3) is 6.35. The summed E-state index contributed by atoms with van der Waals surface area (Å²) in [7, 11) is 0. The first-order valence-electron chi connectivity index (χ1n) is 10.5. The number of esters is 2. The van der Waals surface area contributed by atoms with Crippen LogP contribution in [0.3, 0.4) is 0 Å². The lowest BCUT2D eigenvalue weighted by Crippen LogP contribution is -2.37. The molecule has 0 radical (unpaired) electrons. The first-order chi connectivity index (χ1) is 15.3. The van der Waals surface area contributed by atoms with Crippen molar-refractivity contribution in [1.29, 1.82) is 0 Å². The minimum atomic E-state index is -0.843. The van der Waals surface area contributed by atoms with E-state index in [4.69, 9.17) is 10.5 Å². The van der Waals surface area contributed by atoms with Crippen LogP contribution in [-0.2, 0) is 25.5 Å². The summed E-state index contributed by atoms with van der Waals surface area (Å²) in [6, 6.07) is 14.6. The summed E-state index contributed by atoms with van der Waals surface area (Å²) in [6.07, 6.45) is 1.75. The highest BCUT2D eigenvalue weighted by Crippen LogP contribution is 2.18. The van der Waals surface area contributed by atoms with Crippen molar-refractivity contribution in [3.05, 3.63) is 71.3 Å². The maximum atomic E-state index is 12.5. The second-order valence-corrected chi connectivity index (χ2v) is 9.02. The molecule has 1 aliphatic rings. The second-order valence-electron chi connectivity index (χ2n) is 7.67. The predicted molar refractivity (Wildman–Crippen MR) is 122 cm³/mol. The van der Waals surface area contributed by atoms with Gasteiger partial charge < -0.3 is 15.8 Å². The van der Waals surface area contributed by atoms with E-state index in [1.807, 2.05) is 18.2 Å². The lowest BCUT2D eigenvalue weighted by molar-refractivity contribution is -0.160. The molecule has 32 heavy (non-hydrogen) atoms. The fourth-order valence-electron chi connectivity index (χ4n) is 3.33. The van der Waals surface area contributed by atoms with E-state index < -0.39 is 29.3 Å². The molecule has 8 heteroatoms. The zero-order valence-electron chi connectivity index (χ0n) is 17.8. The summed E-state index contributed by atoms with van der Waals surface area (Å²) in [4.78, 5) is 49.0. The van der Waals surface area contributed by atoms with Gasteiger partial charge in [-0.3, -0.25) is 14.4 Å². The highest BCUT2D eigenvalue weighted by atomic mass is 32.2. The van der Waals surface area contributed by atoms with E-state index in [1.165, 1.54) is 6.92 Å². The molecule has 1 fully saturated rings. The monoisotopic (exact) mass is 454 g/mol. The third-order valence-electron chi connectivity index (χ3n) is 5.18. The molecule has 0 saturated carbocycles. The Morgan fingerprint density at radius 3 is 2.34 bits per heavy atom. The molecule has 0 aromatic heterocycles. The molecule has 1 aliphatic heterocycles. The number of ketones is 1. The smallest absolute Gasteiger partial charge is 0.330 e. The standard InChI is InChI=1S/C24H26N2O5S/c1-15(22(28)31-23(29)20-8-5-13-26-20)32-24(30)19(25)14-16-9-11-18(12-10-16)21(27)17-6-3-2-4-7-17/h2-4,6-7,9-12,15,19-20,26H,5,8,13-14,25H2,1H3/t15?,19?,20-/m0/s1. The molecule has 3 rings (SSSR count). The van der Waals surface area contributed by atoms with Gasteiger partial charge in [-0.2, -0.15) is 0 Å². The number of benzene rings is 2. The number of hydrogen-bond donors (Lipinski definition) is 2. The van der Waals surface area contributed by atoms with Crippen molar-refractivity contribution in [1.82, 2.24) is 5.32 Å². The second kappa shape index (κ2) is 11.2. The molecule has 0 amide bonds. The number of thioether (sulfide) groups is 1. The minimum absolute atomic E-state index is 0.0808. The zero-order chi connectivity index (χ0) is 23.1. The van der Waals surface area contributed by atoms with Crippen LogP contribution >= 0.6 is 11.8 Å². The van der Waals surface area contributed by atoms with Gasteiger partial charge in [0.25, 0.3) is 0 Å². The van der Waals surface area contributed by atoms with Crippen molar-refractivity contribution in [2.45, 2.75) is 43.5 Å². The van der Waals surface area contributed by atoms with Gasteiger partial charge in [0.05, 0.1) is 6.04 Å². The minimum Gasteiger partial charge on any atom is -0.391 e. The number of nitrogens with two attached hydrogens (primary N) is 1. The molecule has 7 nitrogen and oxygen atoms in total. The molecule has 2 unspecified atom stereocenters. The van der Waals surface area contributed by atoms with Crippen LogP contribution in [0.4, 0.5) is 0 Å². The molecule has 1 heterocycles. The summed E-state index contributed by atoms with van der Waals surface area (Å²) in [5.41, 5.74) is 7.97. The molecule has 3 atom stereocenters. The Balaban J connectivity index is 1.49. The number of carbonyl (C=O) groups excluding carboxylic acids is 4. The third-order valence-corrected chi connectivity index (χ3v) is 6.26. The van der Waals surface area contributed by atoms with Gasteiger partial charge in [-0.25, -0.2) is 4.79 Å². The molecular formula is C24H26N2O5S. The van der Waals surface area contributed by atoms with Crippen molar-refractivity contribution < 1.29 is 23.9 Å². The van der Waals surface area contributed by atoms with Crippen LogP contribution in [0.15, 0.2) is 54.6 Å². The molecular weight excluding hydrogens is 428 g/mol. The van der Waals surface area contributed by atoms with Gasteiger partial charge in [-0.05, 0) is 38.3 Å². The molecule has 3 N–H and O–H groups in total. The van der Waals surface area contributed by atoms with E-state index in [9.17, 15) is 19.2 Å². The summed E-state index contributed by atoms with van der Waals surface area (Å²) < 4.78 is 4.88. The first-order valence-corrected chi connectivity index (χ1v) is 11.4. The Morgan fingerprint density at radius 2 is 1.72 bits per heavy atom. The van der Waals surface area contributed by atoms with E-state index in [0.717, 1.165) is 23.7 Å². The number of nitrogens with one attached hydrogen (secondary N) is 1. The summed E-state index contributed by atoms with van der Waals surface area (Å²) in [6.45, 7) is 2.23. The van der Waals surface area contributed by atoms with Crippen molar-refractivity contribution in [2.75, 3.05) is 6.54 Å². The highest BCUT2D eigenvalue weighted by molar-refractivity contribution is 8.14.